The quantitative estimate of drug-likeness (QED) is 0.815. The van der Waals surface area contributed by atoms with Crippen molar-refractivity contribution in [1.82, 2.24) is 0 Å². The first-order valence-corrected chi connectivity index (χ1v) is 5.77. The summed E-state index contributed by atoms with van der Waals surface area (Å²) in [6.45, 7) is 6.48. The second-order valence-corrected chi connectivity index (χ2v) is 5.28. The van der Waals surface area contributed by atoms with E-state index in [4.69, 9.17) is 5.73 Å². The molecule has 3 heteroatoms. The van der Waals surface area contributed by atoms with Gasteiger partial charge in [0.2, 0.25) is 0 Å². The fourth-order valence-corrected chi connectivity index (χ4v) is 1.65. The number of hydrogen-bond donors (Lipinski definition) is 1. The number of hydrogen-bond acceptors (Lipinski definition) is 3. The molecule has 0 amide bonds. The molecule has 1 aromatic rings. The lowest BCUT2D eigenvalue weighted by Gasteiger charge is -2.20. The second kappa shape index (κ2) is 5.32. The van der Waals surface area contributed by atoms with Crippen LogP contribution in [0.15, 0.2) is 24.3 Å². The van der Waals surface area contributed by atoms with Gasteiger partial charge in [-0.05, 0) is 23.0 Å². The number of esters is 1. The predicted molar refractivity (Wildman–Crippen MR) is 68.8 cm³/mol. The molecule has 0 fully saturated rings. The van der Waals surface area contributed by atoms with E-state index in [-0.39, 0.29) is 11.4 Å². The van der Waals surface area contributed by atoms with Gasteiger partial charge >= 0.3 is 5.97 Å². The van der Waals surface area contributed by atoms with Gasteiger partial charge in [-0.2, -0.15) is 0 Å². The number of carbonyl (C=O) groups excluding carboxylic acids is 1. The van der Waals surface area contributed by atoms with E-state index in [9.17, 15) is 4.79 Å². The molecule has 1 rings (SSSR count). The highest BCUT2D eigenvalue weighted by molar-refractivity contribution is 5.75. The highest BCUT2D eigenvalue weighted by Gasteiger charge is 2.17. The van der Waals surface area contributed by atoms with Crippen molar-refractivity contribution in [3.8, 4) is 0 Å². The van der Waals surface area contributed by atoms with E-state index in [1.165, 1.54) is 12.7 Å². The van der Waals surface area contributed by atoms with Gasteiger partial charge in [0.1, 0.15) is 6.04 Å². The van der Waals surface area contributed by atoms with Crippen molar-refractivity contribution < 1.29 is 9.53 Å². The highest BCUT2D eigenvalue weighted by Crippen LogP contribution is 2.23. The van der Waals surface area contributed by atoms with E-state index in [0.29, 0.717) is 6.42 Å². The summed E-state index contributed by atoms with van der Waals surface area (Å²) in [5.74, 6) is -0.369. The molecule has 1 aromatic carbocycles. The zero-order valence-corrected chi connectivity index (χ0v) is 11.0. The average Bonchev–Trinajstić information content (AvgIpc) is 2.27. The number of nitrogens with two attached hydrogens (primary N) is 1. The number of ether oxygens (including phenoxy) is 1. The van der Waals surface area contributed by atoms with Crippen LogP contribution in [0.3, 0.4) is 0 Å². The van der Waals surface area contributed by atoms with Crippen LogP contribution < -0.4 is 5.73 Å². The van der Waals surface area contributed by atoms with Gasteiger partial charge in [0.15, 0.2) is 0 Å². The summed E-state index contributed by atoms with van der Waals surface area (Å²) in [5.41, 5.74) is 8.15. The maximum absolute atomic E-state index is 11.3. The first-order valence-electron chi connectivity index (χ1n) is 5.77. The molecule has 1 atom stereocenters. The second-order valence-electron chi connectivity index (χ2n) is 5.28. The Kier molecular flexibility index (Phi) is 4.29. The Morgan fingerprint density at radius 2 is 2.06 bits per heavy atom. The van der Waals surface area contributed by atoms with Gasteiger partial charge in [-0.25, -0.2) is 0 Å². The van der Waals surface area contributed by atoms with E-state index in [1.807, 2.05) is 12.1 Å². The number of methoxy groups -OCH3 is 1. The lowest BCUT2D eigenvalue weighted by atomic mass is 9.85. The predicted octanol–water partition coefficient (Wildman–Crippen LogP) is 2.03. The van der Waals surface area contributed by atoms with Crippen molar-refractivity contribution in [2.24, 2.45) is 5.73 Å². The van der Waals surface area contributed by atoms with Crippen molar-refractivity contribution in [3.63, 3.8) is 0 Å². The van der Waals surface area contributed by atoms with E-state index in [1.54, 1.807) is 0 Å². The number of carbonyl (C=O) groups is 1. The molecule has 1 unspecified atom stereocenters. The minimum atomic E-state index is -0.588. The zero-order valence-electron chi connectivity index (χ0n) is 11.0. The fraction of sp³-hybridized carbons (Fsp3) is 0.500. The molecule has 0 saturated heterocycles. The molecule has 0 radical (unpaired) electrons. The Labute approximate surface area is 103 Å². The molecule has 3 nitrogen and oxygen atoms in total. The number of benzene rings is 1. The summed E-state index contributed by atoms with van der Waals surface area (Å²) in [5, 5.41) is 0. The van der Waals surface area contributed by atoms with Gasteiger partial charge in [-0.3, -0.25) is 4.79 Å². The summed E-state index contributed by atoms with van der Waals surface area (Å²) in [6, 6.07) is 7.59. The van der Waals surface area contributed by atoms with Gasteiger partial charge < -0.3 is 10.5 Å². The molecule has 0 heterocycles. The molecule has 0 spiro atoms. The van der Waals surface area contributed by atoms with Gasteiger partial charge in [0.05, 0.1) is 7.11 Å². The first-order chi connectivity index (χ1) is 7.84. The van der Waals surface area contributed by atoms with Gasteiger partial charge in [0.25, 0.3) is 0 Å². The Morgan fingerprint density at radius 1 is 1.41 bits per heavy atom. The van der Waals surface area contributed by atoms with Crippen LogP contribution in [-0.4, -0.2) is 19.1 Å². The fourth-order valence-electron chi connectivity index (χ4n) is 1.65. The van der Waals surface area contributed by atoms with Gasteiger partial charge in [-0.1, -0.05) is 45.0 Å². The summed E-state index contributed by atoms with van der Waals surface area (Å²) < 4.78 is 4.62. The number of rotatable bonds is 3. The van der Waals surface area contributed by atoms with Gasteiger partial charge in [-0.15, -0.1) is 0 Å². The Hall–Kier alpha value is -1.35. The normalized spacial score (nSPS) is 13.2. The van der Waals surface area contributed by atoms with Crippen molar-refractivity contribution in [3.05, 3.63) is 35.4 Å². The molecule has 0 bridgehead atoms. The van der Waals surface area contributed by atoms with Crippen molar-refractivity contribution in [2.45, 2.75) is 38.6 Å². The smallest absolute Gasteiger partial charge is 0.322 e. The lowest BCUT2D eigenvalue weighted by molar-refractivity contribution is -0.142. The molecular weight excluding hydrogens is 214 g/mol. The molecule has 0 aliphatic carbocycles. The van der Waals surface area contributed by atoms with Crippen LogP contribution in [0.25, 0.3) is 0 Å². The van der Waals surface area contributed by atoms with Crippen LogP contribution in [0.4, 0.5) is 0 Å². The summed E-state index contributed by atoms with van der Waals surface area (Å²) >= 11 is 0. The Bertz CT molecular complexity index is 393. The largest absolute Gasteiger partial charge is 0.468 e. The monoisotopic (exact) mass is 235 g/mol. The maximum Gasteiger partial charge on any atom is 0.322 e. The van der Waals surface area contributed by atoms with Crippen LogP contribution in [0.1, 0.15) is 31.9 Å². The average molecular weight is 235 g/mol. The minimum absolute atomic E-state index is 0.103. The van der Waals surface area contributed by atoms with Crippen LogP contribution >= 0.6 is 0 Å². The van der Waals surface area contributed by atoms with Crippen molar-refractivity contribution in [2.75, 3.05) is 7.11 Å². The SMILES string of the molecule is COC(=O)C(N)Cc1cccc(C(C)(C)C)c1. The van der Waals surface area contributed by atoms with E-state index in [2.05, 4.69) is 37.6 Å². The Morgan fingerprint density at radius 3 is 2.59 bits per heavy atom. The van der Waals surface area contributed by atoms with Crippen molar-refractivity contribution in [1.29, 1.82) is 0 Å². The summed E-state index contributed by atoms with van der Waals surface area (Å²) in [4.78, 5) is 11.3. The van der Waals surface area contributed by atoms with Crippen LogP contribution in [0.2, 0.25) is 0 Å². The standard InChI is InChI=1S/C14H21NO2/c1-14(2,3)11-7-5-6-10(8-11)9-12(15)13(16)17-4/h5-8,12H,9,15H2,1-4H3. The maximum atomic E-state index is 11.3. The molecular formula is C14H21NO2. The molecule has 2 N–H and O–H groups in total. The molecule has 0 aliphatic rings. The van der Waals surface area contributed by atoms with Crippen molar-refractivity contribution >= 4 is 5.97 Å². The summed E-state index contributed by atoms with van der Waals surface area (Å²) in [6.07, 6.45) is 0.511. The van der Waals surface area contributed by atoms with E-state index >= 15 is 0 Å². The lowest BCUT2D eigenvalue weighted by Crippen LogP contribution is -2.33. The zero-order chi connectivity index (χ0) is 13.1. The van der Waals surface area contributed by atoms with Crippen LogP contribution in [-0.2, 0) is 21.4 Å². The topological polar surface area (TPSA) is 52.3 Å². The Balaban J connectivity index is 2.83. The highest BCUT2D eigenvalue weighted by atomic mass is 16.5. The first kappa shape index (κ1) is 13.7. The van der Waals surface area contributed by atoms with E-state index < -0.39 is 6.04 Å². The molecule has 17 heavy (non-hydrogen) atoms. The molecule has 0 aliphatic heterocycles. The summed E-state index contributed by atoms with van der Waals surface area (Å²) in [7, 11) is 1.35. The third-order valence-corrected chi connectivity index (χ3v) is 2.75. The van der Waals surface area contributed by atoms with Crippen LogP contribution in [0, 0.1) is 0 Å². The molecule has 94 valence electrons. The third-order valence-electron chi connectivity index (χ3n) is 2.75. The molecule has 0 aromatic heterocycles. The van der Waals surface area contributed by atoms with Gasteiger partial charge in [0, 0.05) is 0 Å². The third kappa shape index (κ3) is 3.86. The molecule has 0 saturated carbocycles. The van der Waals surface area contributed by atoms with Crippen LogP contribution in [0.5, 0.6) is 0 Å². The minimum Gasteiger partial charge on any atom is -0.468 e. The van der Waals surface area contributed by atoms with E-state index in [0.717, 1.165) is 5.56 Å².